The predicted molar refractivity (Wildman–Crippen MR) is 297 cm³/mol. The van der Waals surface area contributed by atoms with Crippen LogP contribution in [0.25, 0.3) is 0 Å². The van der Waals surface area contributed by atoms with Crippen molar-refractivity contribution in [3.8, 4) is 0 Å². The summed E-state index contributed by atoms with van der Waals surface area (Å²) < 4.78 is 16.8. The monoisotopic (exact) mass is 961 g/mol. The van der Waals surface area contributed by atoms with E-state index in [1.807, 2.05) is 0 Å². The summed E-state index contributed by atoms with van der Waals surface area (Å²) in [6.45, 7) is 6.49. The Bertz CT molecular complexity index is 1330. The molecular formula is C63H108O6. The van der Waals surface area contributed by atoms with Gasteiger partial charge in [-0.2, -0.15) is 0 Å². The van der Waals surface area contributed by atoms with Crippen LogP contribution in [0.3, 0.4) is 0 Å². The molecule has 0 saturated heterocycles. The summed E-state index contributed by atoms with van der Waals surface area (Å²) in [7, 11) is 0. The number of allylic oxidation sites excluding steroid dienone is 14. The van der Waals surface area contributed by atoms with Crippen LogP contribution in [0.15, 0.2) is 85.1 Å². The zero-order valence-corrected chi connectivity index (χ0v) is 45.3. The third-order valence-corrected chi connectivity index (χ3v) is 12.4. The molecule has 1 unspecified atom stereocenters. The maximum Gasteiger partial charge on any atom is 0.306 e. The number of hydrogen-bond acceptors (Lipinski definition) is 6. The molecule has 6 heteroatoms. The van der Waals surface area contributed by atoms with Gasteiger partial charge in [-0.3, -0.25) is 14.4 Å². The van der Waals surface area contributed by atoms with Crippen molar-refractivity contribution in [2.75, 3.05) is 13.2 Å². The SMILES string of the molecule is CC/C=C\C/C=C\C/C=C\C/C=C\C/C=C\C/C=C\CCCCCCC(=O)OCC(COC(=O)CCCCCCCCCCC)OC(=O)CCCCCCCCCCC/C=C\CCCCCCCC. The van der Waals surface area contributed by atoms with Crippen LogP contribution in [0.2, 0.25) is 0 Å². The molecule has 6 nitrogen and oxygen atoms in total. The summed E-state index contributed by atoms with van der Waals surface area (Å²) in [6.07, 6.45) is 74.4. The van der Waals surface area contributed by atoms with Gasteiger partial charge in [0, 0.05) is 19.3 Å². The topological polar surface area (TPSA) is 78.9 Å². The first-order valence-corrected chi connectivity index (χ1v) is 29.1. The Balaban J connectivity index is 4.33. The Kier molecular flexibility index (Phi) is 54.3. The zero-order chi connectivity index (χ0) is 50.0. The molecule has 0 amide bonds. The predicted octanol–water partition coefficient (Wildman–Crippen LogP) is 19.5. The Morgan fingerprint density at radius 1 is 0.304 bits per heavy atom. The second-order valence-corrected chi connectivity index (χ2v) is 19.2. The number of hydrogen-bond donors (Lipinski definition) is 0. The van der Waals surface area contributed by atoms with E-state index in [4.69, 9.17) is 14.2 Å². The number of rotatable bonds is 52. The van der Waals surface area contributed by atoms with Crippen molar-refractivity contribution in [2.45, 2.75) is 284 Å². The molecule has 0 N–H and O–H groups in total. The third kappa shape index (κ3) is 55.4. The van der Waals surface area contributed by atoms with Crippen molar-refractivity contribution in [1.82, 2.24) is 0 Å². The van der Waals surface area contributed by atoms with Gasteiger partial charge in [-0.05, 0) is 96.3 Å². The standard InChI is InChI=1S/C63H108O6/c1-4-7-10-13-16-19-21-23-25-27-29-30-31-32-34-35-37-39-41-44-47-50-53-56-62(65)68-59-60(58-67-61(64)55-52-49-46-43-18-15-12-9-6-3)69-63(66)57-54-51-48-45-42-40-38-36-33-28-26-24-22-20-17-14-11-8-5-2/h7,10,16,19,23-26,29-30,32,34,37,39,60H,4-6,8-9,11-15,17-18,20-22,27-28,31,33,35-36,38,40-59H2,1-3H3/b10-7-,19-16-,25-23-,26-24-,30-29-,34-32-,39-37-. The fraction of sp³-hybridized carbons (Fsp3) is 0.730. The van der Waals surface area contributed by atoms with Crippen LogP contribution in [0.4, 0.5) is 0 Å². The minimum absolute atomic E-state index is 0.0840. The lowest BCUT2D eigenvalue weighted by atomic mass is 10.1. The highest BCUT2D eigenvalue weighted by atomic mass is 16.6. The smallest absolute Gasteiger partial charge is 0.306 e. The molecular weight excluding hydrogens is 853 g/mol. The highest BCUT2D eigenvalue weighted by Gasteiger charge is 2.19. The largest absolute Gasteiger partial charge is 0.462 e. The number of carbonyl (C=O) groups excluding carboxylic acids is 3. The molecule has 0 aromatic rings. The summed E-state index contributed by atoms with van der Waals surface area (Å²) in [5.74, 6) is -0.909. The van der Waals surface area contributed by atoms with Crippen LogP contribution in [0.5, 0.6) is 0 Å². The second-order valence-electron chi connectivity index (χ2n) is 19.2. The van der Waals surface area contributed by atoms with Crippen molar-refractivity contribution in [1.29, 1.82) is 0 Å². The van der Waals surface area contributed by atoms with Gasteiger partial charge in [0.1, 0.15) is 13.2 Å². The Hall–Kier alpha value is -3.41. The van der Waals surface area contributed by atoms with Gasteiger partial charge < -0.3 is 14.2 Å². The van der Waals surface area contributed by atoms with Gasteiger partial charge in [0.15, 0.2) is 6.10 Å². The van der Waals surface area contributed by atoms with Crippen LogP contribution in [0.1, 0.15) is 278 Å². The Labute approximate surface area is 426 Å². The van der Waals surface area contributed by atoms with Gasteiger partial charge in [0.2, 0.25) is 0 Å². The van der Waals surface area contributed by atoms with E-state index in [1.54, 1.807) is 0 Å². The summed E-state index contributed by atoms with van der Waals surface area (Å²) in [4.78, 5) is 38.1. The second kappa shape index (κ2) is 57.2. The molecule has 0 aliphatic carbocycles. The van der Waals surface area contributed by atoms with E-state index in [1.165, 1.54) is 128 Å². The molecule has 0 radical (unpaired) electrons. The van der Waals surface area contributed by atoms with Gasteiger partial charge in [0.05, 0.1) is 0 Å². The maximum absolute atomic E-state index is 12.8. The summed E-state index contributed by atoms with van der Waals surface area (Å²) in [5, 5.41) is 0. The van der Waals surface area contributed by atoms with E-state index in [-0.39, 0.29) is 31.1 Å². The number of unbranched alkanes of at least 4 members (excludes halogenated alkanes) is 27. The first-order chi connectivity index (χ1) is 34.0. The molecule has 0 aliphatic rings. The maximum atomic E-state index is 12.8. The van der Waals surface area contributed by atoms with Gasteiger partial charge in [-0.1, -0.05) is 247 Å². The average Bonchev–Trinajstić information content (AvgIpc) is 3.35. The van der Waals surface area contributed by atoms with E-state index >= 15 is 0 Å². The minimum atomic E-state index is -0.786. The lowest BCUT2D eigenvalue weighted by Crippen LogP contribution is -2.30. The quantitative estimate of drug-likeness (QED) is 0.0262. The number of carbonyl (C=O) groups is 3. The molecule has 0 aromatic heterocycles. The van der Waals surface area contributed by atoms with Gasteiger partial charge in [-0.15, -0.1) is 0 Å². The van der Waals surface area contributed by atoms with Crippen LogP contribution in [-0.2, 0) is 28.6 Å². The summed E-state index contributed by atoms with van der Waals surface area (Å²) in [6, 6.07) is 0. The fourth-order valence-corrected chi connectivity index (χ4v) is 8.03. The Morgan fingerprint density at radius 2 is 0.565 bits per heavy atom. The van der Waals surface area contributed by atoms with Crippen LogP contribution in [0, 0.1) is 0 Å². The fourth-order valence-electron chi connectivity index (χ4n) is 8.03. The van der Waals surface area contributed by atoms with E-state index in [2.05, 4.69) is 106 Å². The molecule has 0 saturated carbocycles. The van der Waals surface area contributed by atoms with Gasteiger partial charge in [-0.25, -0.2) is 0 Å². The Morgan fingerprint density at radius 3 is 0.899 bits per heavy atom. The molecule has 0 aromatic carbocycles. The van der Waals surface area contributed by atoms with E-state index in [9.17, 15) is 14.4 Å². The summed E-state index contributed by atoms with van der Waals surface area (Å²) in [5.41, 5.74) is 0. The van der Waals surface area contributed by atoms with E-state index < -0.39 is 6.10 Å². The molecule has 0 rings (SSSR count). The van der Waals surface area contributed by atoms with Crippen molar-refractivity contribution < 1.29 is 28.6 Å². The first-order valence-electron chi connectivity index (χ1n) is 29.1. The van der Waals surface area contributed by atoms with Gasteiger partial charge >= 0.3 is 17.9 Å². The molecule has 69 heavy (non-hydrogen) atoms. The van der Waals surface area contributed by atoms with E-state index in [0.717, 1.165) is 109 Å². The zero-order valence-electron chi connectivity index (χ0n) is 45.3. The lowest BCUT2D eigenvalue weighted by molar-refractivity contribution is -0.167. The van der Waals surface area contributed by atoms with Crippen molar-refractivity contribution in [2.24, 2.45) is 0 Å². The molecule has 396 valence electrons. The van der Waals surface area contributed by atoms with Crippen molar-refractivity contribution in [3.05, 3.63) is 85.1 Å². The molecule has 0 aliphatic heterocycles. The normalized spacial score (nSPS) is 12.7. The van der Waals surface area contributed by atoms with Crippen LogP contribution >= 0.6 is 0 Å². The molecule has 0 spiro atoms. The molecule has 0 fully saturated rings. The number of ether oxygens (including phenoxy) is 3. The minimum Gasteiger partial charge on any atom is -0.462 e. The van der Waals surface area contributed by atoms with Crippen molar-refractivity contribution >= 4 is 17.9 Å². The third-order valence-electron chi connectivity index (χ3n) is 12.4. The van der Waals surface area contributed by atoms with Crippen LogP contribution < -0.4 is 0 Å². The van der Waals surface area contributed by atoms with Gasteiger partial charge in [0.25, 0.3) is 0 Å². The summed E-state index contributed by atoms with van der Waals surface area (Å²) >= 11 is 0. The first kappa shape index (κ1) is 65.6. The number of esters is 3. The van der Waals surface area contributed by atoms with Crippen molar-refractivity contribution in [3.63, 3.8) is 0 Å². The average molecular weight is 962 g/mol. The molecule has 0 bridgehead atoms. The molecule has 0 heterocycles. The molecule has 1 atom stereocenters. The van der Waals surface area contributed by atoms with Crippen LogP contribution in [-0.4, -0.2) is 37.2 Å². The van der Waals surface area contributed by atoms with E-state index in [0.29, 0.717) is 19.3 Å². The highest BCUT2D eigenvalue weighted by Crippen LogP contribution is 2.15. The highest BCUT2D eigenvalue weighted by molar-refractivity contribution is 5.71. The lowest BCUT2D eigenvalue weighted by Gasteiger charge is -2.18.